The highest BCUT2D eigenvalue weighted by molar-refractivity contribution is 7.08. The molecule has 0 spiro atoms. The van der Waals surface area contributed by atoms with E-state index < -0.39 is 5.60 Å². The summed E-state index contributed by atoms with van der Waals surface area (Å²) in [5.41, 5.74) is 3.63. The molecule has 2 rings (SSSR count). The van der Waals surface area contributed by atoms with Gasteiger partial charge in [-0.05, 0) is 50.1 Å². The Labute approximate surface area is 124 Å². The largest absolute Gasteiger partial charge is 0.384 e. The fourth-order valence-corrected chi connectivity index (χ4v) is 3.18. The highest BCUT2D eigenvalue weighted by atomic mass is 32.1. The molecule has 0 saturated heterocycles. The minimum absolute atomic E-state index is 0.528. The predicted molar refractivity (Wildman–Crippen MR) is 83.0 cm³/mol. The average Bonchev–Trinajstić information content (AvgIpc) is 3.01. The van der Waals surface area contributed by atoms with Gasteiger partial charge in [0.05, 0.1) is 11.3 Å². The normalized spacial score (nSPS) is 14.4. The smallest absolute Gasteiger partial charge is 0.1000 e. The van der Waals surface area contributed by atoms with Crippen LogP contribution in [0.2, 0.25) is 0 Å². The van der Waals surface area contributed by atoms with E-state index in [9.17, 15) is 5.11 Å². The molecule has 0 radical (unpaired) electrons. The van der Waals surface area contributed by atoms with Crippen molar-refractivity contribution in [1.29, 1.82) is 0 Å². The van der Waals surface area contributed by atoms with Crippen LogP contribution in [0.4, 0.5) is 0 Å². The maximum Gasteiger partial charge on any atom is 0.1000 e. The zero-order chi connectivity index (χ0) is 14.8. The molecule has 2 aromatic heterocycles. The highest BCUT2D eigenvalue weighted by Gasteiger charge is 2.23. The first-order chi connectivity index (χ1) is 9.45. The molecule has 2 N–H and O–H groups in total. The molecule has 2 aromatic rings. The molecular weight excluding hydrogens is 270 g/mol. The summed E-state index contributed by atoms with van der Waals surface area (Å²) in [6.07, 6.45) is 0. The fraction of sp³-hybridized carbons (Fsp3) is 0.533. The van der Waals surface area contributed by atoms with E-state index in [1.54, 1.807) is 11.3 Å². The second kappa shape index (κ2) is 6.08. The summed E-state index contributed by atoms with van der Waals surface area (Å²) < 4.78 is 2.02. The minimum Gasteiger partial charge on any atom is -0.384 e. The Hall–Kier alpha value is -1.17. The lowest BCUT2D eigenvalue weighted by Crippen LogP contribution is -2.34. The van der Waals surface area contributed by atoms with E-state index in [4.69, 9.17) is 0 Å². The average molecular weight is 293 g/mol. The molecule has 0 aliphatic rings. The monoisotopic (exact) mass is 293 g/mol. The number of hydrogen-bond acceptors (Lipinski definition) is 4. The number of aromatic nitrogens is 2. The number of nitrogens with zero attached hydrogens (tertiary/aromatic N) is 2. The van der Waals surface area contributed by atoms with Gasteiger partial charge in [-0.3, -0.25) is 4.68 Å². The molecule has 0 amide bonds. The van der Waals surface area contributed by atoms with Crippen molar-refractivity contribution in [3.63, 3.8) is 0 Å². The van der Waals surface area contributed by atoms with Gasteiger partial charge in [-0.25, -0.2) is 0 Å². The van der Waals surface area contributed by atoms with Gasteiger partial charge < -0.3 is 10.4 Å². The number of rotatable bonds is 6. The fourth-order valence-electron chi connectivity index (χ4n) is 2.40. The van der Waals surface area contributed by atoms with Crippen molar-refractivity contribution >= 4 is 11.3 Å². The predicted octanol–water partition coefficient (Wildman–Crippen LogP) is 2.58. The molecule has 0 aromatic carbocycles. The Morgan fingerprint density at radius 3 is 2.75 bits per heavy atom. The van der Waals surface area contributed by atoms with Crippen molar-refractivity contribution in [2.24, 2.45) is 0 Å². The summed E-state index contributed by atoms with van der Waals surface area (Å²) >= 11 is 1.61. The van der Waals surface area contributed by atoms with Crippen LogP contribution in [0.15, 0.2) is 16.8 Å². The van der Waals surface area contributed by atoms with Crippen LogP contribution in [0, 0.1) is 13.8 Å². The maximum absolute atomic E-state index is 10.5. The Morgan fingerprint density at radius 2 is 2.20 bits per heavy atom. The first-order valence-corrected chi connectivity index (χ1v) is 7.88. The molecule has 0 bridgehead atoms. The van der Waals surface area contributed by atoms with Crippen molar-refractivity contribution in [3.05, 3.63) is 39.3 Å². The van der Waals surface area contributed by atoms with Crippen LogP contribution >= 0.6 is 11.3 Å². The molecule has 2 heterocycles. The van der Waals surface area contributed by atoms with Crippen molar-refractivity contribution in [2.45, 2.75) is 46.4 Å². The van der Waals surface area contributed by atoms with E-state index in [0.717, 1.165) is 24.3 Å². The van der Waals surface area contributed by atoms with Crippen molar-refractivity contribution in [2.75, 3.05) is 6.54 Å². The highest BCUT2D eigenvalue weighted by Crippen LogP contribution is 2.22. The summed E-state index contributed by atoms with van der Waals surface area (Å²) in [5, 5.41) is 22.3. The topological polar surface area (TPSA) is 50.1 Å². The van der Waals surface area contributed by atoms with E-state index in [0.29, 0.717) is 6.54 Å². The summed E-state index contributed by atoms with van der Waals surface area (Å²) in [6.45, 7) is 10.2. The summed E-state index contributed by atoms with van der Waals surface area (Å²) in [4.78, 5) is 0. The van der Waals surface area contributed by atoms with E-state index in [-0.39, 0.29) is 0 Å². The van der Waals surface area contributed by atoms with Gasteiger partial charge in [-0.1, -0.05) is 0 Å². The van der Waals surface area contributed by atoms with E-state index >= 15 is 0 Å². The molecule has 5 heteroatoms. The molecule has 0 aliphatic heterocycles. The van der Waals surface area contributed by atoms with Crippen LogP contribution in [-0.2, 0) is 18.7 Å². The number of hydrogen-bond donors (Lipinski definition) is 2. The molecule has 0 saturated carbocycles. The lowest BCUT2D eigenvalue weighted by Gasteiger charge is -2.23. The molecule has 1 atom stereocenters. The van der Waals surface area contributed by atoms with Crippen LogP contribution in [0.1, 0.15) is 36.4 Å². The van der Waals surface area contributed by atoms with Crippen LogP contribution in [0.5, 0.6) is 0 Å². The molecule has 110 valence electrons. The van der Waals surface area contributed by atoms with Crippen LogP contribution in [-0.4, -0.2) is 21.4 Å². The standard InChI is InChI=1S/C15H23N3OS/c1-5-18-12(3)14(11(2)17-18)8-16-10-15(4,19)13-6-7-20-9-13/h6-7,9,16,19H,5,8,10H2,1-4H3. The lowest BCUT2D eigenvalue weighted by atomic mass is 9.99. The number of thiophene rings is 1. The van der Waals surface area contributed by atoms with E-state index in [2.05, 4.69) is 24.3 Å². The zero-order valence-electron chi connectivity index (χ0n) is 12.6. The molecule has 0 aliphatic carbocycles. The number of nitrogens with one attached hydrogen (secondary N) is 1. The Kier molecular flexibility index (Phi) is 4.62. The Bertz CT molecular complexity index is 558. The van der Waals surface area contributed by atoms with Gasteiger partial charge in [0.25, 0.3) is 0 Å². The quantitative estimate of drug-likeness (QED) is 0.860. The van der Waals surface area contributed by atoms with Crippen LogP contribution < -0.4 is 5.32 Å². The van der Waals surface area contributed by atoms with Crippen molar-refractivity contribution in [3.8, 4) is 0 Å². The summed E-state index contributed by atoms with van der Waals surface area (Å²) in [5.74, 6) is 0. The second-order valence-electron chi connectivity index (χ2n) is 5.35. The first kappa shape index (κ1) is 15.2. The first-order valence-electron chi connectivity index (χ1n) is 6.94. The van der Waals surface area contributed by atoms with Gasteiger partial charge in [-0.2, -0.15) is 16.4 Å². The van der Waals surface area contributed by atoms with Gasteiger partial charge in [0, 0.05) is 30.9 Å². The second-order valence-corrected chi connectivity index (χ2v) is 6.13. The lowest BCUT2D eigenvalue weighted by molar-refractivity contribution is 0.0571. The Morgan fingerprint density at radius 1 is 1.45 bits per heavy atom. The third-order valence-electron chi connectivity index (χ3n) is 3.74. The third-order valence-corrected chi connectivity index (χ3v) is 4.43. The zero-order valence-corrected chi connectivity index (χ0v) is 13.4. The summed E-state index contributed by atoms with van der Waals surface area (Å²) in [7, 11) is 0. The maximum atomic E-state index is 10.5. The number of aliphatic hydroxyl groups is 1. The van der Waals surface area contributed by atoms with Gasteiger partial charge >= 0.3 is 0 Å². The molecular formula is C15H23N3OS. The summed E-state index contributed by atoms with van der Waals surface area (Å²) in [6, 6.07) is 1.97. The van der Waals surface area contributed by atoms with Crippen LogP contribution in [0.3, 0.4) is 0 Å². The van der Waals surface area contributed by atoms with E-state index in [1.807, 2.05) is 35.4 Å². The minimum atomic E-state index is -0.831. The van der Waals surface area contributed by atoms with Gasteiger partial charge in [-0.15, -0.1) is 0 Å². The molecule has 0 fully saturated rings. The molecule has 4 nitrogen and oxygen atoms in total. The van der Waals surface area contributed by atoms with Crippen molar-refractivity contribution < 1.29 is 5.11 Å². The SMILES string of the molecule is CCn1nc(C)c(CNCC(C)(O)c2ccsc2)c1C. The van der Waals surface area contributed by atoms with Gasteiger partial charge in [0.1, 0.15) is 0 Å². The Balaban J connectivity index is 1.98. The molecule has 1 unspecified atom stereocenters. The van der Waals surface area contributed by atoms with Gasteiger partial charge in [0.15, 0.2) is 0 Å². The van der Waals surface area contributed by atoms with Crippen molar-refractivity contribution in [1.82, 2.24) is 15.1 Å². The van der Waals surface area contributed by atoms with E-state index in [1.165, 1.54) is 11.3 Å². The van der Waals surface area contributed by atoms with Gasteiger partial charge in [0.2, 0.25) is 0 Å². The number of aryl methyl sites for hydroxylation is 2. The third kappa shape index (κ3) is 3.11. The van der Waals surface area contributed by atoms with Crippen LogP contribution in [0.25, 0.3) is 0 Å². The molecule has 20 heavy (non-hydrogen) atoms.